The Morgan fingerprint density at radius 3 is 2.71 bits per heavy atom. The Bertz CT molecular complexity index is 467. The van der Waals surface area contributed by atoms with Gasteiger partial charge in [0.1, 0.15) is 5.69 Å². The maximum absolute atomic E-state index is 11.8. The van der Waals surface area contributed by atoms with Crippen LogP contribution in [0.4, 0.5) is 0 Å². The van der Waals surface area contributed by atoms with Crippen LogP contribution in [0.3, 0.4) is 0 Å². The first-order valence-corrected chi connectivity index (χ1v) is 5.06. The summed E-state index contributed by atoms with van der Waals surface area (Å²) in [5, 5.41) is 0. The number of pyridine rings is 1. The Labute approximate surface area is 98.2 Å². The minimum absolute atomic E-state index is 0.121. The number of hydrogen-bond acceptors (Lipinski definition) is 4. The van der Waals surface area contributed by atoms with Gasteiger partial charge < -0.3 is 14.6 Å². The smallest absolute Gasteiger partial charge is 0.307 e. The van der Waals surface area contributed by atoms with E-state index in [1.54, 1.807) is 7.05 Å². The van der Waals surface area contributed by atoms with Crippen molar-refractivity contribution < 1.29 is 14.3 Å². The van der Waals surface area contributed by atoms with Crippen LogP contribution < -0.4 is 5.56 Å². The fourth-order valence-corrected chi connectivity index (χ4v) is 1.24. The quantitative estimate of drug-likeness (QED) is 0.749. The van der Waals surface area contributed by atoms with Gasteiger partial charge in [-0.1, -0.05) is 6.07 Å². The van der Waals surface area contributed by atoms with E-state index in [0.717, 1.165) is 0 Å². The predicted octanol–water partition coefficient (Wildman–Crippen LogP) is 0.01000. The highest BCUT2D eigenvalue weighted by Crippen LogP contribution is 1.99. The number of aromatic amines is 1. The van der Waals surface area contributed by atoms with E-state index in [9.17, 15) is 14.4 Å². The molecule has 0 aromatic carbocycles. The molecular formula is C11H14N2O4. The van der Waals surface area contributed by atoms with Gasteiger partial charge >= 0.3 is 5.97 Å². The number of nitrogens with one attached hydrogen (secondary N) is 1. The molecule has 0 unspecified atom stereocenters. The zero-order chi connectivity index (χ0) is 12.8. The van der Waals surface area contributed by atoms with Crippen LogP contribution in [0.5, 0.6) is 0 Å². The minimum atomic E-state index is -0.383. The minimum Gasteiger partial charge on any atom is -0.469 e. The summed E-state index contributed by atoms with van der Waals surface area (Å²) in [6, 6.07) is 4.34. The molecule has 6 nitrogen and oxygen atoms in total. The largest absolute Gasteiger partial charge is 0.469 e. The fraction of sp³-hybridized carbons (Fsp3) is 0.364. The SMILES string of the molecule is COC(=O)CCN(C)C(=O)c1cccc(=O)[nH]1. The first-order valence-electron chi connectivity index (χ1n) is 5.06. The van der Waals surface area contributed by atoms with Crippen molar-refractivity contribution in [1.82, 2.24) is 9.88 Å². The van der Waals surface area contributed by atoms with Crippen molar-refractivity contribution in [3.8, 4) is 0 Å². The number of carbonyl (C=O) groups is 2. The molecular weight excluding hydrogens is 224 g/mol. The zero-order valence-corrected chi connectivity index (χ0v) is 9.73. The summed E-state index contributed by atoms with van der Waals surface area (Å²) in [6.07, 6.45) is 0.121. The molecule has 17 heavy (non-hydrogen) atoms. The van der Waals surface area contributed by atoms with Crippen LogP contribution in [0.15, 0.2) is 23.0 Å². The van der Waals surface area contributed by atoms with Gasteiger partial charge in [-0.05, 0) is 6.07 Å². The molecule has 1 aromatic rings. The number of H-pyrrole nitrogens is 1. The second kappa shape index (κ2) is 5.83. The van der Waals surface area contributed by atoms with Crippen molar-refractivity contribution in [2.45, 2.75) is 6.42 Å². The van der Waals surface area contributed by atoms with Crippen LogP contribution in [-0.2, 0) is 9.53 Å². The first-order chi connectivity index (χ1) is 8.04. The summed E-state index contributed by atoms with van der Waals surface area (Å²) < 4.78 is 4.47. The summed E-state index contributed by atoms with van der Waals surface area (Å²) in [5.41, 5.74) is -0.137. The first kappa shape index (κ1) is 13.0. The molecule has 0 spiro atoms. The maximum atomic E-state index is 11.8. The number of ether oxygens (including phenoxy) is 1. The van der Waals surface area contributed by atoms with Gasteiger partial charge in [0.05, 0.1) is 13.5 Å². The van der Waals surface area contributed by atoms with E-state index in [1.807, 2.05) is 0 Å². The van der Waals surface area contributed by atoms with Crippen LogP contribution in [0.2, 0.25) is 0 Å². The van der Waals surface area contributed by atoms with Crippen molar-refractivity contribution in [3.05, 3.63) is 34.2 Å². The lowest BCUT2D eigenvalue weighted by molar-refractivity contribution is -0.140. The third-order valence-electron chi connectivity index (χ3n) is 2.22. The van der Waals surface area contributed by atoms with Crippen LogP contribution >= 0.6 is 0 Å². The number of esters is 1. The lowest BCUT2D eigenvalue weighted by Crippen LogP contribution is -2.31. The predicted molar refractivity (Wildman–Crippen MR) is 60.7 cm³/mol. The Kier molecular flexibility index (Phi) is 4.45. The Morgan fingerprint density at radius 2 is 2.12 bits per heavy atom. The molecule has 0 aliphatic carbocycles. The van der Waals surface area contributed by atoms with Gasteiger partial charge in [-0.2, -0.15) is 0 Å². The average Bonchev–Trinajstić information content (AvgIpc) is 2.34. The highest BCUT2D eigenvalue weighted by atomic mass is 16.5. The second-order valence-electron chi connectivity index (χ2n) is 3.48. The van der Waals surface area contributed by atoms with Gasteiger partial charge in [-0.15, -0.1) is 0 Å². The van der Waals surface area contributed by atoms with Crippen LogP contribution in [0.25, 0.3) is 0 Å². The lowest BCUT2D eigenvalue weighted by atomic mass is 10.3. The van der Waals surface area contributed by atoms with E-state index < -0.39 is 0 Å². The normalized spacial score (nSPS) is 9.76. The molecule has 1 heterocycles. The van der Waals surface area contributed by atoms with Crippen molar-refractivity contribution in [1.29, 1.82) is 0 Å². The lowest BCUT2D eigenvalue weighted by Gasteiger charge is -2.15. The summed E-state index contributed by atoms with van der Waals surface area (Å²) in [7, 11) is 2.84. The summed E-state index contributed by atoms with van der Waals surface area (Å²) in [4.78, 5) is 37.5. The number of carbonyl (C=O) groups excluding carboxylic acids is 2. The van der Waals surface area contributed by atoms with Gasteiger partial charge in [-0.3, -0.25) is 14.4 Å². The van der Waals surface area contributed by atoms with E-state index in [2.05, 4.69) is 9.72 Å². The molecule has 0 radical (unpaired) electrons. The molecule has 0 bridgehead atoms. The standard InChI is InChI=1S/C11H14N2O4/c1-13(7-6-10(15)17-2)11(16)8-4-3-5-9(14)12-8/h3-5H,6-7H2,1-2H3,(H,12,14). The van der Waals surface area contributed by atoms with E-state index in [-0.39, 0.29) is 36.1 Å². The molecule has 0 aliphatic rings. The highest BCUT2D eigenvalue weighted by molar-refractivity contribution is 5.92. The molecule has 0 saturated carbocycles. The van der Waals surface area contributed by atoms with Crippen LogP contribution in [-0.4, -0.2) is 42.5 Å². The van der Waals surface area contributed by atoms with Gasteiger partial charge in [0.15, 0.2) is 0 Å². The molecule has 1 N–H and O–H groups in total. The molecule has 0 fully saturated rings. The fourth-order valence-electron chi connectivity index (χ4n) is 1.24. The summed E-state index contributed by atoms with van der Waals surface area (Å²) in [5.74, 6) is -0.724. The van der Waals surface area contributed by atoms with Crippen molar-refractivity contribution in [2.75, 3.05) is 20.7 Å². The molecule has 0 aliphatic heterocycles. The van der Waals surface area contributed by atoms with E-state index >= 15 is 0 Å². The third-order valence-corrected chi connectivity index (χ3v) is 2.22. The number of hydrogen-bond donors (Lipinski definition) is 1. The molecule has 1 aromatic heterocycles. The van der Waals surface area contributed by atoms with Gasteiger partial charge in [0, 0.05) is 19.7 Å². The van der Waals surface area contributed by atoms with Crippen LogP contribution in [0.1, 0.15) is 16.9 Å². The van der Waals surface area contributed by atoms with Gasteiger partial charge in [0.2, 0.25) is 5.56 Å². The summed E-state index contributed by atoms with van der Waals surface area (Å²) >= 11 is 0. The monoisotopic (exact) mass is 238 g/mol. The number of aromatic nitrogens is 1. The van der Waals surface area contributed by atoms with Crippen molar-refractivity contribution >= 4 is 11.9 Å². The topological polar surface area (TPSA) is 79.5 Å². The molecule has 0 saturated heterocycles. The Morgan fingerprint density at radius 1 is 1.41 bits per heavy atom. The molecule has 0 atom stereocenters. The summed E-state index contributed by atoms with van der Waals surface area (Å²) in [6.45, 7) is 0.239. The number of rotatable bonds is 4. The van der Waals surface area contributed by atoms with Crippen molar-refractivity contribution in [2.24, 2.45) is 0 Å². The van der Waals surface area contributed by atoms with E-state index in [4.69, 9.17) is 0 Å². The molecule has 92 valence electrons. The molecule has 1 amide bonds. The highest BCUT2D eigenvalue weighted by Gasteiger charge is 2.13. The molecule has 1 rings (SSSR count). The average molecular weight is 238 g/mol. The van der Waals surface area contributed by atoms with Crippen molar-refractivity contribution in [3.63, 3.8) is 0 Å². The maximum Gasteiger partial charge on any atom is 0.307 e. The van der Waals surface area contributed by atoms with E-state index in [1.165, 1.54) is 30.2 Å². The number of amides is 1. The zero-order valence-electron chi connectivity index (χ0n) is 9.73. The Balaban J connectivity index is 2.64. The van der Waals surface area contributed by atoms with Gasteiger partial charge in [-0.25, -0.2) is 0 Å². The van der Waals surface area contributed by atoms with Crippen LogP contribution in [0, 0.1) is 0 Å². The second-order valence-corrected chi connectivity index (χ2v) is 3.48. The Hall–Kier alpha value is -2.11. The van der Waals surface area contributed by atoms with E-state index in [0.29, 0.717) is 0 Å². The van der Waals surface area contributed by atoms with Gasteiger partial charge in [0.25, 0.3) is 5.91 Å². The molecule has 6 heteroatoms. The number of nitrogens with zero attached hydrogens (tertiary/aromatic N) is 1. The third kappa shape index (κ3) is 3.75. The number of methoxy groups -OCH3 is 1.